The molecule has 0 aliphatic rings. The van der Waals surface area contributed by atoms with Crippen LogP contribution in [0.2, 0.25) is 0 Å². The van der Waals surface area contributed by atoms with Gasteiger partial charge < -0.3 is 10.6 Å². The van der Waals surface area contributed by atoms with Crippen LogP contribution in [-0.2, 0) is 11.2 Å². The van der Waals surface area contributed by atoms with Gasteiger partial charge in [0.1, 0.15) is 0 Å². The summed E-state index contributed by atoms with van der Waals surface area (Å²) in [7, 11) is 0. The van der Waals surface area contributed by atoms with Gasteiger partial charge >= 0.3 is 0 Å². The zero-order valence-corrected chi connectivity index (χ0v) is 26.1. The molecular formula is C37H58N2O2. The van der Waals surface area contributed by atoms with Crippen molar-refractivity contribution < 1.29 is 9.59 Å². The van der Waals surface area contributed by atoms with Crippen LogP contribution in [-0.4, -0.2) is 18.4 Å². The maximum atomic E-state index is 12.7. The van der Waals surface area contributed by atoms with E-state index >= 15 is 0 Å². The third-order valence-corrected chi connectivity index (χ3v) is 8.00. The van der Waals surface area contributed by atoms with Crippen LogP contribution in [0.5, 0.6) is 0 Å². The van der Waals surface area contributed by atoms with Gasteiger partial charge in [-0.15, -0.1) is 0 Å². The van der Waals surface area contributed by atoms with Crippen LogP contribution in [0.25, 0.3) is 0 Å². The van der Waals surface area contributed by atoms with Gasteiger partial charge in [0.2, 0.25) is 5.91 Å². The number of carbonyl (C=O) groups is 2. The lowest BCUT2D eigenvalue weighted by atomic mass is 10.0. The zero-order chi connectivity index (χ0) is 29.2. The van der Waals surface area contributed by atoms with Crippen LogP contribution >= 0.6 is 0 Å². The van der Waals surface area contributed by atoms with Crippen LogP contribution in [0.15, 0.2) is 54.6 Å². The molecule has 2 aromatic carbocycles. The molecule has 0 saturated carbocycles. The van der Waals surface area contributed by atoms with E-state index in [2.05, 4.69) is 29.7 Å². The molecule has 0 bridgehead atoms. The minimum atomic E-state index is -0.152. The molecule has 0 spiro atoms. The maximum absolute atomic E-state index is 12.7. The van der Waals surface area contributed by atoms with Crippen molar-refractivity contribution in [3.63, 3.8) is 0 Å². The standard InChI is InChI=1S/C37H58N2O2/c1-2-3-4-5-6-7-8-9-10-11-12-13-14-15-16-17-18-19-23-30-36(40)39-35-29-25-24-28-34(35)37(41)38-32-31-33-26-21-20-22-27-33/h20-22,24-29H,2-19,23,30-32H2,1H3,(H,38,41)(H,39,40). The largest absolute Gasteiger partial charge is 0.352 e. The van der Waals surface area contributed by atoms with Gasteiger partial charge in [-0.3, -0.25) is 9.59 Å². The number of unbranched alkanes of at least 4 members (excludes halogenated alkanes) is 18. The van der Waals surface area contributed by atoms with Gasteiger partial charge in [-0.25, -0.2) is 0 Å². The molecule has 41 heavy (non-hydrogen) atoms. The molecule has 2 rings (SSSR count). The van der Waals surface area contributed by atoms with Crippen molar-refractivity contribution in [1.82, 2.24) is 5.32 Å². The predicted octanol–water partition coefficient (Wildman–Crippen LogP) is 10.4. The monoisotopic (exact) mass is 562 g/mol. The molecule has 0 saturated heterocycles. The Kier molecular flexibility index (Phi) is 20.3. The van der Waals surface area contributed by atoms with Gasteiger partial charge in [0.25, 0.3) is 5.91 Å². The second-order valence-corrected chi connectivity index (χ2v) is 11.7. The molecule has 2 aromatic rings. The van der Waals surface area contributed by atoms with E-state index in [0.717, 1.165) is 19.3 Å². The van der Waals surface area contributed by atoms with E-state index in [1.165, 1.54) is 115 Å². The summed E-state index contributed by atoms with van der Waals surface area (Å²) in [5.41, 5.74) is 2.29. The van der Waals surface area contributed by atoms with Crippen LogP contribution in [0.4, 0.5) is 5.69 Å². The van der Waals surface area contributed by atoms with Crippen molar-refractivity contribution in [2.45, 2.75) is 142 Å². The first kappa shape index (κ1) is 34.6. The predicted molar refractivity (Wildman–Crippen MR) is 176 cm³/mol. The Morgan fingerprint density at radius 3 is 1.56 bits per heavy atom. The SMILES string of the molecule is CCCCCCCCCCCCCCCCCCCCCC(=O)Nc1ccccc1C(=O)NCCc1ccccc1. The molecule has 0 atom stereocenters. The summed E-state index contributed by atoms with van der Waals surface area (Å²) in [5, 5.41) is 5.94. The quantitative estimate of drug-likeness (QED) is 0.118. The first-order chi connectivity index (χ1) is 20.2. The van der Waals surface area contributed by atoms with Crippen molar-refractivity contribution in [1.29, 1.82) is 0 Å². The molecule has 2 amide bonds. The smallest absolute Gasteiger partial charge is 0.253 e. The van der Waals surface area contributed by atoms with E-state index in [9.17, 15) is 9.59 Å². The lowest BCUT2D eigenvalue weighted by Crippen LogP contribution is -2.27. The summed E-state index contributed by atoms with van der Waals surface area (Å²) in [6, 6.07) is 17.4. The van der Waals surface area contributed by atoms with Gasteiger partial charge in [-0.2, -0.15) is 0 Å². The number of hydrogen-bond acceptors (Lipinski definition) is 2. The summed E-state index contributed by atoms with van der Waals surface area (Å²) in [6.07, 6.45) is 26.8. The number of rotatable bonds is 25. The molecule has 2 N–H and O–H groups in total. The second-order valence-electron chi connectivity index (χ2n) is 11.7. The van der Waals surface area contributed by atoms with Gasteiger partial charge in [-0.1, -0.05) is 165 Å². The molecule has 228 valence electrons. The highest BCUT2D eigenvalue weighted by molar-refractivity contribution is 6.03. The van der Waals surface area contributed by atoms with Crippen molar-refractivity contribution in [2.75, 3.05) is 11.9 Å². The van der Waals surface area contributed by atoms with Gasteiger partial charge in [0.15, 0.2) is 0 Å². The van der Waals surface area contributed by atoms with Crippen molar-refractivity contribution in [3.8, 4) is 0 Å². The Morgan fingerprint density at radius 2 is 1.02 bits per heavy atom. The summed E-state index contributed by atoms with van der Waals surface area (Å²) in [4.78, 5) is 25.2. The van der Waals surface area contributed by atoms with E-state index < -0.39 is 0 Å². The van der Waals surface area contributed by atoms with Gasteiger partial charge in [-0.05, 0) is 30.5 Å². The molecule has 4 nitrogen and oxygen atoms in total. The summed E-state index contributed by atoms with van der Waals surface area (Å²) in [6.45, 7) is 2.85. The fourth-order valence-corrected chi connectivity index (χ4v) is 5.43. The van der Waals surface area contributed by atoms with Crippen molar-refractivity contribution in [3.05, 3.63) is 65.7 Å². The second kappa shape index (κ2) is 24.0. The van der Waals surface area contributed by atoms with Crippen LogP contribution < -0.4 is 10.6 Å². The Bertz CT molecular complexity index is 928. The van der Waals surface area contributed by atoms with Crippen molar-refractivity contribution in [2.24, 2.45) is 0 Å². The van der Waals surface area contributed by atoms with Crippen LogP contribution in [0.1, 0.15) is 151 Å². The van der Waals surface area contributed by atoms with E-state index in [-0.39, 0.29) is 11.8 Å². The first-order valence-corrected chi connectivity index (χ1v) is 16.9. The number of carbonyl (C=O) groups excluding carboxylic acids is 2. The van der Waals surface area contributed by atoms with Gasteiger partial charge in [0.05, 0.1) is 11.3 Å². The third-order valence-electron chi connectivity index (χ3n) is 8.00. The average Bonchev–Trinajstić information content (AvgIpc) is 2.99. The molecule has 4 heteroatoms. The first-order valence-electron chi connectivity index (χ1n) is 16.9. The number of hydrogen-bond donors (Lipinski definition) is 2. The Balaban J connectivity index is 1.42. The molecule has 0 radical (unpaired) electrons. The highest BCUT2D eigenvalue weighted by atomic mass is 16.2. The number of nitrogens with one attached hydrogen (secondary N) is 2. The minimum absolute atomic E-state index is 0.0125. The molecule has 0 aliphatic heterocycles. The van der Waals surface area contributed by atoms with E-state index in [1.807, 2.05) is 30.3 Å². The number of benzene rings is 2. The molecule has 0 aliphatic carbocycles. The summed E-state index contributed by atoms with van der Waals surface area (Å²) >= 11 is 0. The fourth-order valence-electron chi connectivity index (χ4n) is 5.43. The summed E-state index contributed by atoms with van der Waals surface area (Å²) < 4.78 is 0. The fraction of sp³-hybridized carbons (Fsp3) is 0.622. The highest BCUT2D eigenvalue weighted by Crippen LogP contribution is 2.17. The highest BCUT2D eigenvalue weighted by Gasteiger charge is 2.12. The topological polar surface area (TPSA) is 58.2 Å². The Morgan fingerprint density at radius 1 is 0.561 bits per heavy atom. The van der Waals surface area contributed by atoms with Crippen molar-refractivity contribution >= 4 is 17.5 Å². The number of para-hydroxylation sites is 1. The van der Waals surface area contributed by atoms with Crippen LogP contribution in [0.3, 0.4) is 0 Å². The molecule has 0 unspecified atom stereocenters. The normalized spacial score (nSPS) is 11.0. The van der Waals surface area contributed by atoms with Crippen LogP contribution in [0, 0.1) is 0 Å². The molecule has 0 aromatic heterocycles. The number of amides is 2. The van der Waals surface area contributed by atoms with E-state index in [1.54, 1.807) is 12.1 Å². The Labute approximate surface area is 251 Å². The maximum Gasteiger partial charge on any atom is 0.253 e. The minimum Gasteiger partial charge on any atom is -0.352 e. The molecule has 0 fully saturated rings. The van der Waals surface area contributed by atoms with Gasteiger partial charge in [0, 0.05) is 13.0 Å². The van der Waals surface area contributed by atoms with E-state index in [0.29, 0.717) is 24.2 Å². The molecular weight excluding hydrogens is 504 g/mol. The summed E-state index contributed by atoms with van der Waals surface area (Å²) in [5.74, 6) is -0.165. The molecule has 0 heterocycles. The third kappa shape index (κ3) is 17.7. The van der Waals surface area contributed by atoms with E-state index in [4.69, 9.17) is 0 Å². The number of anilines is 1. The lowest BCUT2D eigenvalue weighted by molar-refractivity contribution is -0.116. The zero-order valence-electron chi connectivity index (χ0n) is 26.1. The Hall–Kier alpha value is -2.62. The lowest BCUT2D eigenvalue weighted by Gasteiger charge is -2.11. The average molecular weight is 563 g/mol.